The van der Waals surface area contributed by atoms with E-state index in [-0.39, 0.29) is 0 Å². The fraction of sp³-hybridized carbons (Fsp3) is 0.821. The van der Waals surface area contributed by atoms with Gasteiger partial charge in [0.05, 0.1) is 18.5 Å². The topological polar surface area (TPSA) is 106 Å². The SMILES string of the molecule is CCC(C)OC(CC)C1CCN(Nc2nc(N[C@H]3CC[C@H](N)CC3)nc3c2ncn3C2CCCC2)CC1. The Kier molecular flexibility index (Phi) is 8.82. The van der Waals surface area contributed by atoms with Crippen molar-refractivity contribution < 1.29 is 4.74 Å². The first kappa shape index (κ1) is 26.6. The fourth-order valence-corrected chi connectivity index (χ4v) is 6.42. The summed E-state index contributed by atoms with van der Waals surface area (Å²) in [6.07, 6.45) is 16.3. The van der Waals surface area contributed by atoms with E-state index < -0.39 is 0 Å². The van der Waals surface area contributed by atoms with Crippen LogP contribution in [0.25, 0.3) is 11.2 Å². The van der Waals surface area contributed by atoms with Crippen LogP contribution in [0.1, 0.15) is 104 Å². The summed E-state index contributed by atoms with van der Waals surface area (Å²) in [7, 11) is 0. The van der Waals surface area contributed by atoms with Crippen LogP contribution in [-0.4, -0.2) is 61.9 Å². The van der Waals surface area contributed by atoms with E-state index in [2.05, 4.69) is 41.1 Å². The lowest BCUT2D eigenvalue weighted by molar-refractivity contribution is -0.0504. The molecule has 2 saturated carbocycles. The smallest absolute Gasteiger partial charge is 0.227 e. The first-order valence-corrected chi connectivity index (χ1v) is 15.0. The second-order valence-electron chi connectivity index (χ2n) is 11.7. The summed E-state index contributed by atoms with van der Waals surface area (Å²) in [5.74, 6) is 2.13. The van der Waals surface area contributed by atoms with Gasteiger partial charge in [0.15, 0.2) is 17.0 Å². The predicted molar refractivity (Wildman–Crippen MR) is 150 cm³/mol. The van der Waals surface area contributed by atoms with Crippen molar-refractivity contribution in [3.05, 3.63) is 6.33 Å². The number of anilines is 2. The molecule has 2 aliphatic carbocycles. The minimum absolute atomic E-state index is 0.327. The quantitative estimate of drug-likeness (QED) is 0.396. The molecular formula is C28H48N8O. The van der Waals surface area contributed by atoms with Gasteiger partial charge < -0.3 is 25.8 Å². The standard InChI is InChI=1S/C28H48N8O/c1-4-19(3)37-24(5-2)20-14-16-35(17-15-20)34-26-25-27(36(18-30-25)23-8-6-7-9-23)33-28(32-26)31-22-12-10-21(29)11-13-22/h18-24H,4-17,29H2,1-3H3,(H2,31,32,33,34)/t19?,21-,22-,24?. The summed E-state index contributed by atoms with van der Waals surface area (Å²) in [5.41, 5.74) is 11.6. The van der Waals surface area contributed by atoms with Crippen molar-refractivity contribution in [2.45, 2.75) is 128 Å². The van der Waals surface area contributed by atoms with Gasteiger partial charge in [-0.05, 0) is 77.0 Å². The summed E-state index contributed by atoms with van der Waals surface area (Å²) < 4.78 is 8.65. The Bertz CT molecular complexity index is 989. The molecule has 0 spiro atoms. The normalized spacial score (nSPS) is 25.9. The highest BCUT2D eigenvalue weighted by atomic mass is 16.5. The molecule has 206 valence electrons. The van der Waals surface area contributed by atoms with E-state index in [0.29, 0.717) is 42.2 Å². The van der Waals surface area contributed by atoms with E-state index in [0.717, 1.165) is 81.4 Å². The number of aromatic nitrogens is 4. The number of hydrogen-bond donors (Lipinski definition) is 3. The fourth-order valence-electron chi connectivity index (χ4n) is 6.42. The van der Waals surface area contributed by atoms with Gasteiger partial charge in [0, 0.05) is 31.2 Å². The molecule has 0 aromatic carbocycles. The molecular weight excluding hydrogens is 464 g/mol. The van der Waals surface area contributed by atoms with Crippen LogP contribution in [0, 0.1) is 5.92 Å². The lowest BCUT2D eigenvalue weighted by Gasteiger charge is -2.36. The number of rotatable bonds is 10. The Morgan fingerprint density at radius 2 is 1.73 bits per heavy atom. The van der Waals surface area contributed by atoms with Crippen LogP contribution >= 0.6 is 0 Å². The van der Waals surface area contributed by atoms with Gasteiger partial charge in [0.1, 0.15) is 0 Å². The Morgan fingerprint density at radius 1 is 1.00 bits per heavy atom. The molecule has 9 heteroatoms. The minimum Gasteiger partial charge on any atom is -0.375 e. The van der Waals surface area contributed by atoms with Gasteiger partial charge in [-0.3, -0.25) is 0 Å². The maximum Gasteiger partial charge on any atom is 0.227 e. The number of nitrogens with zero attached hydrogens (tertiary/aromatic N) is 5. The summed E-state index contributed by atoms with van der Waals surface area (Å²) in [5, 5.41) is 5.95. The summed E-state index contributed by atoms with van der Waals surface area (Å²) >= 11 is 0. The predicted octanol–water partition coefficient (Wildman–Crippen LogP) is 5.26. The number of nitrogens with two attached hydrogens (primary N) is 1. The molecule has 2 unspecified atom stereocenters. The molecule has 2 atom stereocenters. The zero-order valence-corrected chi connectivity index (χ0v) is 23.2. The monoisotopic (exact) mass is 512 g/mol. The molecule has 2 aromatic rings. The zero-order valence-electron chi connectivity index (χ0n) is 23.2. The van der Waals surface area contributed by atoms with Gasteiger partial charge in [0.2, 0.25) is 5.95 Å². The minimum atomic E-state index is 0.327. The molecule has 4 N–H and O–H groups in total. The van der Waals surface area contributed by atoms with Gasteiger partial charge in [-0.2, -0.15) is 9.97 Å². The number of nitrogens with one attached hydrogen (secondary N) is 2. The largest absolute Gasteiger partial charge is 0.375 e. The van der Waals surface area contributed by atoms with Crippen molar-refractivity contribution in [3.63, 3.8) is 0 Å². The van der Waals surface area contributed by atoms with Gasteiger partial charge in [-0.1, -0.05) is 26.7 Å². The maximum atomic E-state index is 6.36. The molecule has 0 bridgehead atoms. The zero-order chi connectivity index (χ0) is 25.8. The number of hydrazine groups is 1. The van der Waals surface area contributed by atoms with Crippen LogP contribution in [0.5, 0.6) is 0 Å². The van der Waals surface area contributed by atoms with Crippen LogP contribution in [0.4, 0.5) is 11.8 Å². The van der Waals surface area contributed by atoms with Crippen molar-refractivity contribution >= 4 is 22.9 Å². The Labute approximate surface area is 222 Å². The average Bonchev–Trinajstić information content (AvgIpc) is 3.59. The van der Waals surface area contributed by atoms with Crippen LogP contribution in [0.2, 0.25) is 0 Å². The second-order valence-corrected chi connectivity index (χ2v) is 11.7. The first-order chi connectivity index (χ1) is 18.0. The Hall–Kier alpha value is -1.97. The van der Waals surface area contributed by atoms with Gasteiger partial charge in [-0.25, -0.2) is 9.99 Å². The van der Waals surface area contributed by atoms with Crippen molar-refractivity contribution in [2.75, 3.05) is 23.8 Å². The van der Waals surface area contributed by atoms with Crippen molar-refractivity contribution in [3.8, 4) is 0 Å². The van der Waals surface area contributed by atoms with E-state index >= 15 is 0 Å². The van der Waals surface area contributed by atoms with Gasteiger partial charge >= 0.3 is 0 Å². The highest BCUT2D eigenvalue weighted by Gasteiger charge is 2.29. The number of hydrogen-bond acceptors (Lipinski definition) is 8. The molecule has 3 aliphatic rings. The van der Waals surface area contributed by atoms with Crippen molar-refractivity contribution in [1.29, 1.82) is 0 Å². The summed E-state index contributed by atoms with van der Waals surface area (Å²) in [6.45, 7) is 8.60. The molecule has 1 aliphatic heterocycles. The van der Waals surface area contributed by atoms with E-state index in [1.54, 1.807) is 0 Å². The number of imidazole rings is 1. The third-order valence-corrected chi connectivity index (χ3v) is 8.96. The molecule has 37 heavy (non-hydrogen) atoms. The Morgan fingerprint density at radius 3 is 2.41 bits per heavy atom. The average molecular weight is 513 g/mol. The third-order valence-electron chi connectivity index (χ3n) is 8.96. The number of ether oxygens (including phenoxy) is 1. The second kappa shape index (κ2) is 12.3. The number of fused-ring (bicyclic) bond motifs is 1. The molecule has 3 fully saturated rings. The van der Waals surface area contributed by atoms with Crippen molar-refractivity contribution in [1.82, 2.24) is 24.5 Å². The van der Waals surface area contributed by atoms with Gasteiger partial charge in [-0.15, -0.1) is 0 Å². The first-order valence-electron chi connectivity index (χ1n) is 15.0. The van der Waals surface area contributed by atoms with Crippen LogP contribution < -0.4 is 16.5 Å². The van der Waals surface area contributed by atoms with Crippen LogP contribution in [0.15, 0.2) is 6.33 Å². The molecule has 2 aromatic heterocycles. The molecule has 1 saturated heterocycles. The van der Waals surface area contributed by atoms with Gasteiger partial charge in [0.25, 0.3) is 0 Å². The molecule has 9 nitrogen and oxygen atoms in total. The summed E-state index contributed by atoms with van der Waals surface area (Å²) in [6, 6.07) is 1.19. The van der Waals surface area contributed by atoms with Crippen LogP contribution in [-0.2, 0) is 4.74 Å². The Balaban J connectivity index is 1.31. The maximum absolute atomic E-state index is 6.36. The molecule has 0 amide bonds. The number of piperidine rings is 1. The van der Waals surface area contributed by atoms with E-state index in [1.807, 2.05) is 6.33 Å². The van der Waals surface area contributed by atoms with E-state index in [9.17, 15) is 0 Å². The molecule has 3 heterocycles. The summed E-state index contributed by atoms with van der Waals surface area (Å²) in [4.78, 5) is 14.8. The highest BCUT2D eigenvalue weighted by Crippen LogP contribution is 2.34. The lowest BCUT2D eigenvalue weighted by atomic mass is 9.90. The molecule has 0 radical (unpaired) electrons. The highest BCUT2D eigenvalue weighted by molar-refractivity contribution is 5.84. The third kappa shape index (κ3) is 6.37. The van der Waals surface area contributed by atoms with E-state index in [1.165, 1.54) is 25.7 Å². The molecule has 5 rings (SSSR count). The lowest BCUT2D eigenvalue weighted by Crippen LogP contribution is -2.42. The van der Waals surface area contributed by atoms with Crippen LogP contribution in [0.3, 0.4) is 0 Å². The van der Waals surface area contributed by atoms with E-state index in [4.69, 9.17) is 25.4 Å². The van der Waals surface area contributed by atoms with Crippen molar-refractivity contribution in [2.24, 2.45) is 11.7 Å².